The zero-order chi connectivity index (χ0) is 20.4. The van der Waals surface area contributed by atoms with Gasteiger partial charge in [0, 0.05) is 23.4 Å². The third-order valence-electron chi connectivity index (χ3n) is 5.80. The van der Waals surface area contributed by atoms with Crippen LogP contribution in [0.25, 0.3) is 0 Å². The van der Waals surface area contributed by atoms with Crippen LogP contribution in [0.1, 0.15) is 46.4 Å². The maximum atomic E-state index is 12.8. The molecule has 0 radical (unpaired) electrons. The minimum Gasteiger partial charge on any atom is -0.493 e. The van der Waals surface area contributed by atoms with E-state index in [1.807, 2.05) is 30.3 Å². The van der Waals surface area contributed by atoms with Gasteiger partial charge in [0.15, 0.2) is 11.5 Å². The molecule has 1 heterocycles. The van der Waals surface area contributed by atoms with Crippen LogP contribution in [0.15, 0.2) is 67.0 Å². The monoisotopic (exact) mass is 388 g/mol. The molecule has 1 amide bonds. The molecule has 3 aromatic rings. The molecule has 2 atom stereocenters. The van der Waals surface area contributed by atoms with Crippen LogP contribution in [-0.4, -0.2) is 25.1 Å². The highest BCUT2D eigenvalue weighted by Gasteiger charge is 2.43. The molecule has 0 saturated heterocycles. The Morgan fingerprint density at radius 3 is 2.34 bits per heavy atom. The fraction of sp³-hybridized carbons (Fsp3) is 0.250. The SMILES string of the molecule is COc1cc2c(cc1OC)[C@](C)(c1ccccc1)C[C@@H]2NC(=O)c1ccncc1. The van der Waals surface area contributed by atoms with Crippen LogP contribution in [-0.2, 0) is 5.41 Å². The molecule has 0 spiro atoms. The Hall–Kier alpha value is -3.34. The Labute approximate surface area is 170 Å². The van der Waals surface area contributed by atoms with E-state index in [4.69, 9.17) is 9.47 Å². The summed E-state index contributed by atoms with van der Waals surface area (Å²) < 4.78 is 11.1. The Bertz CT molecular complexity index is 1020. The predicted octanol–water partition coefficient (Wildman–Crippen LogP) is 4.28. The minimum absolute atomic E-state index is 0.115. The number of nitrogens with one attached hydrogen (secondary N) is 1. The lowest BCUT2D eigenvalue weighted by Gasteiger charge is -2.27. The molecule has 4 rings (SSSR count). The third kappa shape index (κ3) is 3.33. The molecule has 1 aliphatic carbocycles. The van der Waals surface area contributed by atoms with Crippen LogP contribution >= 0.6 is 0 Å². The van der Waals surface area contributed by atoms with Gasteiger partial charge in [0.25, 0.3) is 5.91 Å². The number of pyridine rings is 1. The molecule has 0 saturated carbocycles. The normalized spacial score (nSPS) is 20.0. The van der Waals surface area contributed by atoms with Crippen LogP contribution in [0.5, 0.6) is 11.5 Å². The topological polar surface area (TPSA) is 60.5 Å². The first kappa shape index (κ1) is 19.0. The van der Waals surface area contributed by atoms with Gasteiger partial charge in [-0.1, -0.05) is 37.3 Å². The molecule has 5 nitrogen and oxygen atoms in total. The van der Waals surface area contributed by atoms with Gasteiger partial charge in [-0.15, -0.1) is 0 Å². The Balaban J connectivity index is 1.78. The summed E-state index contributed by atoms with van der Waals surface area (Å²) in [6.45, 7) is 2.21. The molecule has 0 unspecified atom stereocenters. The number of aromatic nitrogens is 1. The van der Waals surface area contributed by atoms with Gasteiger partial charge in [-0.2, -0.15) is 0 Å². The number of nitrogens with zero attached hydrogens (tertiary/aromatic N) is 1. The lowest BCUT2D eigenvalue weighted by atomic mass is 9.77. The molecule has 0 aliphatic heterocycles. The molecule has 2 aromatic carbocycles. The predicted molar refractivity (Wildman–Crippen MR) is 112 cm³/mol. The highest BCUT2D eigenvalue weighted by Crippen LogP contribution is 2.51. The largest absolute Gasteiger partial charge is 0.493 e. The van der Waals surface area contributed by atoms with Crippen molar-refractivity contribution in [2.75, 3.05) is 14.2 Å². The highest BCUT2D eigenvalue weighted by atomic mass is 16.5. The number of ether oxygens (including phenoxy) is 2. The van der Waals surface area contributed by atoms with Gasteiger partial charge >= 0.3 is 0 Å². The number of hydrogen-bond acceptors (Lipinski definition) is 4. The summed E-state index contributed by atoms with van der Waals surface area (Å²) in [4.78, 5) is 16.8. The summed E-state index contributed by atoms with van der Waals surface area (Å²) in [5.74, 6) is 1.23. The number of benzene rings is 2. The minimum atomic E-state index is -0.258. The smallest absolute Gasteiger partial charge is 0.251 e. The molecule has 148 valence electrons. The van der Waals surface area contributed by atoms with Gasteiger partial charge in [-0.3, -0.25) is 9.78 Å². The van der Waals surface area contributed by atoms with Crippen molar-refractivity contribution in [3.63, 3.8) is 0 Å². The van der Waals surface area contributed by atoms with Crippen LogP contribution in [0.2, 0.25) is 0 Å². The highest BCUT2D eigenvalue weighted by molar-refractivity contribution is 5.94. The van der Waals surface area contributed by atoms with Gasteiger partial charge in [-0.05, 0) is 47.4 Å². The van der Waals surface area contributed by atoms with Crippen molar-refractivity contribution in [1.82, 2.24) is 10.3 Å². The van der Waals surface area contributed by atoms with E-state index in [0.717, 1.165) is 17.5 Å². The zero-order valence-corrected chi connectivity index (χ0v) is 16.8. The number of methoxy groups -OCH3 is 2. The van der Waals surface area contributed by atoms with Crippen molar-refractivity contribution in [2.24, 2.45) is 0 Å². The number of carbonyl (C=O) groups is 1. The Morgan fingerprint density at radius 1 is 1.03 bits per heavy atom. The Kier molecular flexibility index (Phi) is 4.97. The molecule has 0 bridgehead atoms. The second-order valence-corrected chi connectivity index (χ2v) is 7.46. The molecule has 29 heavy (non-hydrogen) atoms. The zero-order valence-electron chi connectivity index (χ0n) is 16.8. The van der Waals surface area contributed by atoms with Crippen molar-refractivity contribution in [3.05, 3.63) is 89.2 Å². The second-order valence-electron chi connectivity index (χ2n) is 7.46. The second kappa shape index (κ2) is 7.59. The average molecular weight is 388 g/mol. The van der Waals surface area contributed by atoms with Crippen LogP contribution in [0.3, 0.4) is 0 Å². The van der Waals surface area contributed by atoms with Crippen molar-refractivity contribution in [3.8, 4) is 11.5 Å². The summed E-state index contributed by atoms with van der Waals surface area (Å²) in [5, 5.41) is 3.20. The standard InChI is InChI=1S/C24H24N2O3/c1-24(17-7-5-4-6-8-17)15-20(26-23(27)16-9-11-25-12-10-16)18-13-21(28-2)22(29-3)14-19(18)24/h4-14,20H,15H2,1-3H3,(H,26,27)/t20-,24-/m0/s1. The summed E-state index contributed by atoms with van der Waals surface area (Å²) in [6, 6.07) is 17.7. The van der Waals surface area contributed by atoms with Gasteiger partial charge in [0.2, 0.25) is 0 Å². The van der Waals surface area contributed by atoms with E-state index in [2.05, 4.69) is 29.4 Å². The van der Waals surface area contributed by atoms with E-state index in [1.54, 1.807) is 38.7 Å². The number of amides is 1. The molecule has 5 heteroatoms. The van der Waals surface area contributed by atoms with E-state index < -0.39 is 0 Å². The summed E-state index contributed by atoms with van der Waals surface area (Å²) in [6.07, 6.45) is 4.00. The number of rotatable bonds is 5. The van der Waals surface area contributed by atoms with E-state index in [1.165, 1.54) is 5.56 Å². The molecule has 1 N–H and O–H groups in total. The van der Waals surface area contributed by atoms with E-state index in [-0.39, 0.29) is 17.4 Å². The summed E-state index contributed by atoms with van der Waals surface area (Å²) in [5.41, 5.74) is 3.73. The maximum absolute atomic E-state index is 12.8. The third-order valence-corrected chi connectivity index (χ3v) is 5.80. The van der Waals surface area contributed by atoms with Gasteiger partial charge < -0.3 is 14.8 Å². The molecule has 1 aromatic heterocycles. The first-order valence-corrected chi connectivity index (χ1v) is 9.59. The lowest BCUT2D eigenvalue weighted by molar-refractivity contribution is 0.0934. The van der Waals surface area contributed by atoms with Gasteiger partial charge in [0.05, 0.1) is 20.3 Å². The van der Waals surface area contributed by atoms with Crippen LogP contribution in [0.4, 0.5) is 0 Å². The molecular weight excluding hydrogens is 364 g/mol. The van der Waals surface area contributed by atoms with Crippen molar-refractivity contribution >= 4 is 5.91 Å². The maximum Gasteiger partial charge on any atom is 0.251 e. The lowest BCUT2D eigenvalue weighted by Crippen LogP contribution is -2.29. The number of carbonyl (C=O) groups excluding carboxylic acids is 1. The molecule has 0 fully saturated rings. The fourth-order valence-electron chi connectivity index (χ4n) is 4.24. The van der Waals surface area contributed by atoms with E-state index >= 15 is 0 Å². The van der Waals surface area contributed by atoms with Crippen LogP contribution < -0.4 is 14.8 Å². The number of fused-ring (bicyclic) bond motifs is 1. The summed E-state index contributed by atoms with van der Waals surface area (Å²) in [7, 11) is 3.27. The molecular formula is C24H24N2O3. The van der Waals surface area contributed by atoms with Gasteiger partial charge in [-0.25, -0.2) is 0 Å². The van der Waals surface area contributed by atoms with E-state index in [0.29, 0.717) is 17.1 Å². The van der Waals surface area contributed by atoms with Crippen molar-refractivity contribution in [2.45, 2.75) is 24.8 Å². The van der Waals surface area contributed by atoms with Crippen molar-refractivity contribution < 1.29 is 14.3 Å². The van der Waals surface area contributed by atoms with E-state index in [9.17, 15) is 4.79 Å². The van der Waals surface area contributed by atoms with Crippen molar-refractivity contribution in [1.29, 1.82) is 0 Å². The van der Waals surface area contributed by atoms with Gasteiger partial charge in [0.1, 0.15) is 0 Å². The summed E-state index contributed by atoms with van der Waals surface area (Å²) >= 11 is 0. The Morgan fingerprint density at radius 2 is 1.69 bits per heavy atom. The quantitative estimate of drug-likeness (QED) is 0.709. The molecule has 1 aliphatic rings. The average Bonchev–Trinajstić information content (AvgIpc) is 3.05. The fourth-order valence-corrected chi connectivity index (χ4v) is 4.24. The first-order valence-electron chi connectivity index (χ1n) is 9.59. The van der Waals surface area contributed by atoms with Crippen LogP contribution in [0, 0.1) is 0 Å². The first-order chi connectivity index (χ1) is 14.1. The number of hydrogen-bond donors (Lipinski definition) is 1.